The molecule has 5 nitrogen and oxygen atoms in total. The van der Waals surface area contributed by atoms with Crippen molar-refractivity contribution in [2.45, 2.75) is 6.10 Å². The number of amides is 1. The number of nitrogens with zero attached hydrogens (tertiary/aromatic N) is 2. The second-order valence-corrected chi connectivity index (χ2v) is 6.39. The molecule has 0 bridgehead atoms. The van der Waals surface area contributed by atoms with Gasteiger partial charge in [-0.25, -0.2) is 4.39 Å². The molecule has 1 aliphatic rings. The number of hydrogen-bond acceptors (Lipinski definition) is 5. The zero-order chi connectivity index (χ0) is 16.9. The lowest BCUT2D eigenvalue weighted by atomic mass is 10.1. The van der Waals surface area contributed by atoms with Crippen molar-refractivity contribution in [1.82, 2.24) is 4.90 Å². The molecular weight excluding hydrogens is 329 g/mol. The third kappa shape index (κ3) is 3.97. The first-order chi connectivity index (χ1) is 11.7. The van der Waals surface area contributed by atoms with E-state index in [1.165, 1.54) is 23.5 Å². The van der Waals surface area contributed by atoms with Gasteiger partial charge in [0.2, 0.25) is 5.91 Å². The number of carbonyl (C=O) groups is 1. The monoisotopic (exact) mass is 345 g/mol. The summed E-state index contributed by atoms with van der Waals surface area (Å²) in [4.78, 5) is 14.2. The van der Waals surface area contributed by atoms with Crippen molar-refractivity contribution < 1.29 is 13.9 Å². The molecule has 1 N–H and O–H groups in total. The first kappa shape index (κ1) is 16.6. The molecule has 7 heteroatoms. The predicted octanol–water partition coefficient (Wildman–Crippen LogP) is 2.77. The van der Waals surface area contributed by atoms with Gasteiger partial charge in [0.15, 0.2) is 0 Å². The second-order valence-electron chi connectivity index (χ2n) is 5.47. The van der Waals surface area contributed by atoms with Gasteiger partial charge in [0.25, 0.3) is 0 Å². The summed E-state index contributed by atoms with van der Waals surface area (Å²) in [5.41, 5.74) is 1.37. The Morgan fingerprint density at radius 2 is 2.21 bits per heavy atom. The molecule has 1 saturated heterocycles. The summed E-state index contributed by atoms with van der Waals surface area (Å²) in [5.74, 6) is -0.441. The number of ether oxygens (including phenoxy) is 1. The van der Waals surface area contributed by atoms with Gasteiger partial charge in [-0.05, 0) is 29.1 Å². The largest absolute Gasteiger partial charge is 0.371 e. The van der Waals surface area contributed by atoms with Crippen LogP contribution in [0.5, 0.6) is 0 Å². The summed E-state index contributed by atoms with van der Waals surface area (Å²) >= 11 is 1.33. The van der Waals surface area contributed by atoms with Crippen LogP contribution in [0.3, 0.4) is 0 Å². The van der Waals surface area contributed by atoms with Crippen LogP contribution < -0.4 is 5.32 Å². The first-order valence-electron chi connectivity index (χ1n) is 7.52. The van der Waals surface area contributed by atoms with E-state index in [-0.39, 0.29) is 24.4 Å². The van der Waals surface area contributed by atoms with E-state index in [2.05, 4.69) is 5.32 Å². The Kier molecular flexibility index (Phi) is 5.20. The summed E-state index contributed by atoms with van der Waals surface area (Å²) in [5, 5.41) is 14.1. The number of hydrogen-bond donors (Lipinski definition) is 1. The third-order valence-corrected chi connectivity index (χ3v) is 4.63. The van der Waals surface area contributed by atoms with Crippen LogP contribution in [0.1, 0.15) is 17.2 Å². The summed E-state index contributed by atoms with van der Waals surface area (Å²) in [6, 6.07) is 9.95. The maximum absolute atomic E-state index is 13.0. The van der Waals surface area contributed by atoms with Crippen LogP contribution in [0.4, 0.5) is 9.39 Å². The number of rotatable bonds is 4. The van der Waals surface area contributed by atoms with Gasteiger partial charge in [-0.1, -0.05) is 12.1 Å². The SMILES string of the molecule is N#Cc1ccsc1NC(=O)CN1CCO[C@@H](c2ccc(F)cc2)C1. The molecule has 2 heterocycles. The topological polar surface area (TPSA) is 65.4 Å². The molecule has 3 rings (SSSR count). The smallest absolute Gasteiger partial charge is 0.239 e. The number of halogens is 1. The molecule has 0 aliphatic carbocycles. The van der Waals surface area contributed by atoms with Gasteiger partial charge >= 0.3 is 0 Å². The number of benzene rings is 1. The summed E-state index contributed by atoms with van der Waals surface area (Å²) in [6.07, 6.45) is -0.177. The number of nitrogens with one attached hydrogen (secondary N) is 1. The van der Waals surface area contributed by atoms with Crippen molar-refractivity contribution in [2.24, 2.45) is 0 Å². The molecule has 1 aromatic heterocycles. The fourth-order valence-corrected chi connectivity index (χ4v) is 3.34. The molecule has 24 heavy (non-hydrogen) atoms. The average Bonchev–Trinajstić information content (AvgIpc) is 3.02. The minimum atomic E-state index is -0.282. The second kappa shape index (κ2) is 7.53. The lowest BCUT2D eigenvalue weighted by molar-refractivity contribution is -0.119. The van der Waals surface area contributed by atoms with Crippen LogP contribution in [0.15, 0.2) is 35.7 Å². The molecule has 2 aromatic rings. The molecule has 124 valence electrons. The third-order valence-electron chi connectivity index (χ3n) is 3.80. The van der Waals surface area contributed by atoms with E-state index in [4.69, 9.17) is 10.00 Å². The van der Waals surface area contributed by atoms with Crippen molar-refractivity contribution in [3.8, 4) is 6.07 Å². The quantitative estimate of drug-likeness (QED) is 0.925. The van der Waals surface area contributed by atoms with Gasteiger partial charge in [0.05, 0.1) is 24.8 Å². The van der Waals surface area contributed by atoms with Crippen LogP contribution >= 0.6 is 11.3 Å². The molecular formula is C17H16FN3O2S. The molecule has 0 saturated carbocycles. The lowest BCUT2D eigenvalue weighted by Crippen LogP contribution is -2.42. The molecule has 1 amide bonds. The zero-order valence-electron chi connectivity index (χ0n) is 12.9. The highest BCUT2D eigenvalue weighted by Gasteiger charge is 2.23. The van der Waals surface area contributed by atoms with Gasteiger partial charge in [0, 0.05) is 13.1 Å². The van der Waals surface area contributed by atoms with Crippen LogP contribution in [0, 0.1) is 17.1 Å². The van der Waals surface area contributed by atoms with Crippen LogP contribution in [0.2, 0.25) is 0 Å². The lowest BCUT2D eigenvalue weighted by Gasteiger charge is -2.32. The van der Waals surface area contributed by atoms with Gasteiger partial charge in [-0.3, -0.25) is 9.69 Å². The van der Waals surface area contributed by atoms with Crippen molar-refractivity contribution in [3.05, 3.63) is 52.7 Å². The van der Waals surface area contributed by atoms with E-state index in [1.54, 1.807) is 23.6 Å². The van der Waals surface area contributed by atoms with Crippen LogP contribution in [0.25, 0.3) is 0 Å². The number of anilines is 1. The number of nitriles is 1. The van der Waals surface area contributed by atoms with Crippen LogP contribution in [-0.4, -0.2) is 37.0 Å². The van der Waals surface area contributed by atoms with E-state index in [1.807, 2.05) is 11.0 Å². The van der Waals surface area contributed by atoms with E-state index in [9.17, 15) is 9.18 Å². The number of thiophene rings is 1. The minimum absolute atomic E-state index is 0.159. The van der Waals surface area contributed by atoms with Gasteiger partial charge in [-0.2, -0.15) is 5.26 Å². The Labute approximate surface area is 143 Å². The molecule has 1 fully saturated rings. The summed E-state index contributed by atoms with van der Waals surface area (Å²) in [6.45, 7) is 1.96. The Hall–Kier alpha value is -2.27. The maximum atomic E-state index is 13.0. The van der Waals surface area contributed by atoms with Crippen molar-refractivity contribution in [1.29, 1.82) is 5.26 Å². The average molecular weight is 345 g/mol. The predicted molar refractivity (Wildman–Crippen MR) is 89.2 cm³/mol. The van der Waals surface area contributed by atoms with Crippen LogP contribution in [-0.2, 0) is 9.53 Å². The van der Waals surface area contributed by atoms with Crippen molar-refractivity contribution >= 4 is 22.2 Å². The molecule has 0 unspecified atom stereocenters. The standard InChI is InChI=1S/C17H16FN3O2S/c18-14-3-1-12(2-4-14)15-10-21(6-7-23-15)11-16(22)20-17-13(9-19)5-8-24-17/h1-5,8,15H,6-7,10-11H2,(H,20,22)/t15-/m1/s1. The van der Waals surface area contributed by atoms with E-state index in [0.717, 1.165) is 5.56 Å². The fourth-order valence-electron chi connectivity index (χ4n) is 2.59. The van der Waals surface area contributed by atoms with Crippen molar-refractivity contribution in [2.75, 3.05) is 31.6 Å². The Morgan fingerprint density at radius 3 is 2.96 bits per heavy atom. The number of carbonyl (C=O) groups excluding carboxylic acids is 1. The maximum Gasteiger partial charge on any atom is 0.239 e. The highest BCUT2D eigenvalue weighted by molar-refractivity contribution is 7.14. The fraction of sp³-hybridized carbons (Fsp3) is 0.294. The zero-order valence-corrected chi connectivity index (χ0v) is 13.7. The normalized spacial score (nSPS) is 18.1. The molecule has 1 atom stereocenters. The van der Waals surface area contributed by atoms with E-state index < -0.39 is 0 Å². The highest BCUT2D eigenvalue weighted by Crippen LogP contribution is 2.24. The molecule has 1 aromatic carbocycles. The minimum Gasteiger partial charge on any atom is -0.371 e. The van der Waals surface area contributed by atoms with E-state index in [0.29, 0.717) is 30.3 Å². The van der Waals surface area contributed by atoms with Gasteiger partial charge in [0.1, 0.15) is 16.9 Å². The Bertz CT molecular complexity index is 754. The highest BCUT2D eigenvalue weighted by atomic mass is 32.1. The molecule has 0 spiro atoms. The van der Waals surface area contributed by atoms with Crippen molar-refractivity contribution in [3.63, 3.8) is 0 Å². The van der Waals surface area contributed by atoms with Gasteiger partial charge < -0.3 is 10.1 Å². The van der Waals surface area contributed by atoms with Gasteiger partial charge in [-0.15, -0.1) is 11.3 Å². The molecule has 0 radical (unpaired) electrons. The number of morpholine rings is 1. The Balaban J connectivity index is 1.58. The van der Waals surface area contributed by atoms with E-state index >= 15 is 0 Å². The summed E-state index contributed by atoms with van der Waals surface area (Å²) < 4.78 is 18.7. The first-order valence-corrected chi connectivity index (χ1v) is 8.40. The molecule has 1 aliphatic heterocycles. The summed E-state index contributed by atoms with van der Waals surface area (Å²) in [7, 11) is 0. The Morgan fingerprint density at radius 1 is 1.42 bits per heavy atom.